The van der Waals surface area contributed by atoms with Crippen LogP contribution in [0.25, 0.3) is 0 Å². The second kappa shape index (κ2) is 20.8. The number of likely N-dealkylation sites (tertiary alicyclic amines) is 1. The fourth-order valence-electron chi connectivity index (χ4n) is 7.79. The van der Waals surface area contributed by atoms with E-state index >= 15 is 0 Å². The number of hydrogen-bond acceptors (Lipinski definition) is 8. The van der Waals surface area contributed by atoms with Crippen molar-refractivity contribution in [3.8, 4) is 0 Å². The van der Waals surface area contributed by atoms with Crippen LogP contribution in [0.15, 0.2) is 30.3 Å². The predicted molar refractivity (Wildman–Crippen MR) is 201 cm³/mol. The Bertz CT molecular complexity index is 1280. The predicted octanol–water partition coefficient (Wildman–Crippen LogP) is 2.65. The summed E-state index contributed by atoms with van der Waals surface area (Å²) in [5, 5.41) is 19.3. The average molecular weight is 731 g/mol. The number of likely N-dealkylation sites (N-methyl/N-ethyl adjacent to an activating group) is 1. The van der Waals surface area contributed by atoms with E-state index in [1.165, 1.54) is 0 Å². The van der Waals surface area contributed by atoms with E-state index in [1.807, 2.05) is 65.0 Å². The molecule has 1 aromatic carbocycles. The number of methoxy groups -OCH3 is 2. The van der Waals surface area contributed by atoms with Crippen LogP contribution < -0.4 is 16.0 Å². The van der Waals surface area contributed by atoms with Crippen molar-refractivity contribution in [2.75, 3.05) is 54.1 Å². The summed E-state index contributed by atoms with van der Waals surface area (Å²) in [6.07, 6.45) is 1.56. The first kappa shape index (κ1) is 43.1. The van der Waals surface area contributed by atoms with Crippen molar-refractivity contribution in [1.82, 2.24) is 30.7 Å². The van der Waals surface area contributed by atoms with E-state index in [1.54, 1.807) is 42.9 Å². The number of benzene rings is 1. The molecule has 294 valence electrons. The van der Waals surface area contributed by atoms with Crippen LogP contribution in [0.5, 0.6) is 0 Å². The highest BCUT2D eigenvalue weighted by Gasteiger charge is 2.43. The molecule has 2 aliphatic rings. The van der Waals surface area contributed by atoms with E-state index in [0.29, 0.717) is 39.0 Å². The molecular weight excluding hydrogens is 664 g/mol. The summed E-state index contributed by atoms with van der Waals surface area (Å²) in [6, 6.07) is 7.47. The van der Waals surface area contributed by atoms with Gasteiger partial charge >= 0.3 is 6.03 Å². The normalized spacial score (nSPS) is 21.8. The van der Waals surface area contributed by atoms with Crippen LogP contribution >= 0.6 is 0 Å². The lowest BCUT2D eigenvalue weighted by Gasteiger charge is -2.41. The summed E-state index contributed by atoms with van der Waals surface area (Å²) >= 11 is 0. The van der Waals surface area contributed by atoms with Crippen LogP contribution in [0.2, 0.25) is 0 Å². The number of carbonyl (C=O) groups is 4. The van der Waals surface area contributed by atoms with Crippen LogP contribution in [0.3, 0.4) is 0 Å². The van der Waals surface area contributed by atoms with Crippen molar-refractivity contribution in [2.24, 2.45) is 17.8 Å². The van der Waals surface area contributed by atoms with Gasteiger partial charge in [-0.3, -0.25) is 14.4 Å². The second-order valence-electron chi connectivity index (χ2n) is 15.1. The van der Waals surface area contributed by atoms with Gasteiger partial charge in [-0.2, -0.15) is 0 Å². The molecule has 0 spiro atoms. The summed E-state index contributed by atoms with van der Waals surface area (Å²) in [7, 11) is 4.87. The summed E-state index contributed by atoms with van der Waals surface area (Å²) < 4.78 is 11.9. The summed E-state index contributed by atoms with van der Waals surface area (Å²) in [5.41, 5.74) is 1.01. The molecule has 0 aromatic heterocycles. The third kappa shape index (κ3) is 11.1. The number of aliphatic hydroxyl groups excluding tert-OH is 1. The molecule has 13 nitrogen and oxygen atoms in total. The second-order valence-corrected chi connectivity index (χ2v) is 15.1. The molecule has 0 radical (unpaired) electrons. The molecule has 3 rings (SSSR count). The molecule has 0 aliphatic carbocycles. The Morgan fingerprint density at radius 1 is 1.02 bits per heavy atom. The topological polar surface area (TPSA) is 153 Å². The first-order valence-electron chi connectivity index (χ1n) is 19.1. The Morgan fingerprint density at radius 2 is 1.71 bits per heavy atom. The zero-order valence-corrected chi connectivity index (χ0v) is 33.0. The monoisotopic (exact) mass is 730 g/mol. The largest absolute Gasteiger partial charge is 0.394 e. The fraction of sp³-hybridized carbons (Fsp3) is 0.744. The van der Waals surface area contributed by atoms with Crippen LogP contribution in [0, 0.1) is 17.8 Å². The molecule has 0 unspecified atom stereocenters. The number of hydrogen-bond donors (Lipinski definition) is 4. The highest BCUT2D eigenvalue weighted by atomic mass is 16.5. The number of ether oxygens (including phenoxy) is 2. The Hall–Kier alpha value is -3.26. The standard InChI is InChI=1S/C39H66N6O7/c1-10-26(4)35(43(7)38(49)34(25(2)3)42-39(50)44-20-18-40-23-27(44)5)32(51-8)22-33(47)45-19-14-17-31(45)36(52-9)28(6)37(48)41-30(24-46)21-29-15-12-11-13-16-29/h11-13,15-16,25-28,30-32,34-36,40,46H,10,14,17-24H2,1-9H3,(H,41,48)(H,42,50)/t26-,27-,28+,30-,31-,32+,34-,35-,36+/m0/s1. The third-order valence-corrected chi connectivity index (χ3v) is 11.1. The van der Waals surface area contributed by atoms with Gasteiger partial charge in [0.1, 0.15) is 6.04 Å². The molecule has 2 fully saturated rings. The zero-order valence-electron chi connectivity index (χ0n) is 33.0. The molecule has 2 aliphatic heterocycles. The smallest absolute Gasteiger partial charge is 0.318 e. The maximum absolute atomic E-state index is 14.2. The number of nitrogens with zero attached hydrogens (tertiary/aromatic N) is 3. The minimum absolute atomic E-state index is 0.00715. The SMILES string of the molecule is CC[C@H](C)[C@@H]([C@@H](CC(=O)N1CCC[C@H]1[C@H](OC)[C@@H](C)C(=O)N[C@H](CO)Cc1ccccc1)OC)N(C)C(=O)[C@@H](NC(=O)N1CCNC[C@@H]1C)C(C)C. The van der Waals surface area contributed by atoms with Gasteiger partial charge in [-0.25, -0.2) is 4.79 Å². The average Bonchev–Trinajstić information content (AvgIpc) is 3.63. The number of amides is 5. The van der Waals surface area contributed by atoms with Crippen molar-refractivity contribution in [3.05, 3.63) is 35.9 Å². The van der Waals surface area contributed by atoms with E-state index in [0.717, 1.165) is 18.4 Å². The van der Waals surface area contributed by atoms with E-state index in [9.17, 15) is 24.3 Å². The number of aliphatic hydroxyl groups is 1. The number of rotatable bonds is 18. The molecule has 4 N–H and O–H groups in total. The number of urea groups is 1. The van der Waals surface area contributed by atoms with Crippen LogP contribution in [-0.2, 0) is 30.3 Å². The highest BCUT2D eigenvalue weighted by Crippen LogP contribution is 2.30. The molecular formula is C39H66N6O7. The molecule has 1 aromatic rings. The van der Waals surface area contributed by atoms with Gasteiger partial charge in [0, 0.05) is 53.5 Å². The lowest BCUT2D eigenvalue weighted by Crippen LogP contribution is -2.61. The maximum atomic E-state index is 14.2. The Balaban J connectivity index is 1.74. The molecule has 9 atom stereocenters. The van der Waals surface area contributed by atoms with E-state index in [2.05, 4.69) is 16.0 Å². The molecule has 2 heterocycles. The molecule has 0 bridgehead atoms. The Labute approximate surface area is 311 Å². The van der Waals surface area contributed by atoms with Gasteiger partial charge in [-0.15, -0.1) is 0 Å². The van der Waals surface area contributed by atoms with E-state index < -0.39 is 36.3 Å². The van der Waals surface area contributed by atoms with Crippen LogP contribution in [-0.4, -0.2) is 140 Å². The van der Waals surface area contributed by atoms with Crippen molar-refractivity contribution >= 4 is 23.8 Å². The Morgan fingerprint density at radius 3 is 2.29 bits per heavy atom. The van der Waals surface area contributed by atoms with Gasteiger partial charge in [0.05, 0.1) is 49.3 Å². The van der Waals surface area contributed by atoms with Gasteiger partial charge < -0.3 is 45.2 Å². The van der Waals surface area contributed by atoms with E-state index in [4.69, 9.17) is 9.47 Å². The van der Waals surface area contributed by atoms with Crippen molar-refractivity contribution in [1.29, 1.82) is 0 Å². The van der Waals surface area contributed by atoms with Crippen LogP contribution in [0.1, 0.15) is 72.8 Å². The first-order valence-corrected chi connectivity index (χ1v) is 19.1. The minimum Gasteiger partial charge on any atom is -0.394 e. The summed E-state index contributed by atoms with van der Waals surface area (Å²) in [6.45, 7) is 14.0. The summed E-state index contributed by atoms with van der Waals surface area (Å²) in [5.74, 6) is -1.36. The molecule has 52 heavy (non-hydrogen) atoms. The third-order valence-electron chi connectivity index (χ3n) is 11.1. The van der Waals surface area contributed by atoms with Gasteiger partial charge in [0.2, 0.25) is 17.7 Å². The zero-order chi connectivity index (χ0) is 38.5. The van der Waals surface area contributed by atoms with Gasteiger partial charge in [-0.1, -0.05) is 71.4 Å². The van der Waals surface area contributed by atoms with Gasteiger partial charge in [0.25, 0.3) is 0 Å². The molecule has 13 heteroatoms. The maximum Gasteiger partial charge on any atom is 0.318 e. The lowest BCUT2D eigenvalue weighted by atomic mass is 9.89. The van der Waals surface area contributed by atoms with Crippen molar-refractivity contribution in [3.63, 3.8) is 0 Å². The number of carbonyl (C=O) groups excluding carboxylic acids is 4. The summed E-state index contributed by atoms with van der Waals surface area (Å²) in [4.78, 5) is 60.4. The molecule has 2 saturated heterocycles. The number of nitrogens with one attached hydrogen (secondary N) is 3. The van der Waals surface area contributed by atoms with Crippen molar-refractivity contribution < 1.29 is 33.8 Å². The fourth-order valence-corrected chi connectivity index (χ4v) is 7.79. The minimum atomic E-state index is -0.754. The molecule has 5 amide bonds. The lowest BCUT2D eigenvalue weighted by molar-refractivity contribution is -0.147. The molecule has 0 saturated carbocycles. The highest BCUT2D eigenvalue weighted by molar-refractivity contribution is 5.88. The first-order chi connectivity index (χ1) is 24.8. The van der Waals surface area contributed by atoms with Gasteiger partial charge in [-0.05, 0) is 43.6 Å². The Kier molecular flexibility index (Phi) is 17.3. The van der Waals surface area contributed by atoms with E-state index in [-0.39, 0.29) is 60.7 Å². The van der Waals surface area contributed by atoms with Gasteiger partial charge in [0.15, 0.2) is 0 Å². The quantitative estimate of drug-likeness (QED) is 0.180. The van der Waals surface area contributed by atoms with Crippen LogP contribution in [0.4, 0.5) is 4.79 Å². The van der Waals surface area contributed by atoms with Crippen molar-refractivity contribution in [2.45, 2.75) is 116 Å². The number of piperazine rings is 1.